The minimum absolute atomic E-state index is 0.662. The number of hydrogen-bond acceptors (Lipinski definition) is 1. The fourth-order valence-electron chi connectivity index (χ4n) is 3.85. The van der Waals surface area contributed by atoms with Crippen molar-refractivity contribution in [1.82, 2.24) is 4.67 Å². The fraction of sp³-hybridized carbons (Fsp3) is 0.182. The average Bonchev–Trinajstić information content (AvgIpc) is 3.54. The van der Waals surface area contributed by atoms with Crippen molar-refractivity contribution < 1.29 is 0 Å². The third kappa shape index (κ3) is 2.58. The van der Waals surface area contributed by atoms with E-state index in [-0.39, 0.29) is 0 Å². The van der Waals surface area contributed by atoms with Gasteiger partial charge in [-0.1, -0.05) is 0 Å². The molecule has 4 rings (SSSR count). The molecule has 1 aliphatic carbocycles. The molecule has 1 fully saturated rings. The van der Waals surface area contributed by atoms with Crippen molar-refractivity contribution in [2.75, 3.05) is 7.05 Å². The van der Waals surface area contributed by atoms with Crippen LogP contribution < -0.4 is 15.9 Å². The zero-order valence-corrected chi connectivity index (χ0v) is 17.5. The second-order valence-corrected chi connectivity index (χ2v) is 16.5. The first-order valence-corrected chi connectivity index (χ1v) is 13.8. The van der Waals surface area contributed by atoms with Crippen molar-refractivity contribution in [3.8, 4) is 0 Å². The first kappa shape index (κ1) is 17.2. The molecule has 128 valence electrons. The van der Waals surface area contributed by atoms with Crippen molar-refractivity contribution >= 4 is 42.4 Å². The van der Waals surface area contributed by atoms with Gasteiger partial charge >= 0.3 is 164 Å². The Bertz CT molecular complexity index is 748. The van der Waals surface area contributed by atoms with Crippen LogP contribution in [0.15, 0.2) is 91.0 Å². The summed E-state index contributed by atoms with van der Waals surface area (Å²) in [5, 5.41) is 4.29. The molecular weight excluding hydrogens is 436 g/mol. The van der Waals surface area contributed by atoms with Crippen molar-refractivity contribution in [1.29, 1.82) is 0 Å². The first-order chi connectivity index (χ1) is 12.2. The SMILES string of the molecule is CN(C1CC1)P(I)(c1ccccc1)(c1ccccc1)c1ccccc1. The normalized spacial score (nSPS) is 16.4. The van der Waals surface area contributed by atoms with Crippen LogP contribution in [-0.2, 0) is 0 Å². The van der Waals surface area contributed by atoms with Crippen LogP contribution in [0.1, 0.15) is 12.8 Å². The van der Waals surface area contributed by atoms with E-state index in [0.717, 1.165) is 0 Å². The molecule has 0 heterocycles. The molecule has 1 nitrogen and oxygen atoms in total. The van der Waals surface area contributed by atoms with Gasteiger partial charge in [0, 0.05) is 0 Å². The topological polar surface area (TPSA) is 3.24 Å². The summed E-state index contributed by atoms with van der Waals surface area (Å²) >= 11 is 2.84. The summed E-state index contributed by atoms with van der Waals surface area (Å²) < 4.78 is -0.0244. The molecule has 1 aliphatic rings. The van der Waals surface area contributed by atoms with Crippen LogP contribution in [0.3, 0.4) is 0 Å². The Morgan fingerprint density at radius 3 is 1.28 bits per heavy atom. The van der Waals surface area contributed by atoms with Crippen LogP contribution in [-0.4, -0.2) is 17.8 Å². The van der Waals surface area contributed by atoms with Crippen LogP contribution in [0.2, 0.25) is 0 Å². The van der Waals surface area contributed by atoms with E-state index >= 15 is 0 Å². The van der Waals surface area contributed by atoms with E-state index in [0.29, 0.717) is 6.04 Å². The molecule has 0 radical (unpaired) electrons. The van der Waals surface area contributed by atoms with Crippen LogP contribution in [0.5, 0.6) is 0 Å². The average molecular weight is 459 g/mol. The molecule has 3 aromatic rings. The second kappa shape index (κ2) is 6.50. The molecular formula is C22H23INP. The van der Waals surface area contributed by atoms with Crippen LogP contribution in [0, 0.1) is 0 Å². The van der Waals surface area contributed by atoms with Crippen LogP contribution >= 0.6 is 26.4 Å². The molecule has 0 saturated heterocycles. The van der Waals surface area contributed by atoms with Gasteiger partial charge in [0.1, 0.15) is 0 Å². The number of benzene rings is 3. The molecule has 0 unspecified atom stereocenters. The molecule has 0 aromatic heterocycles. The van der Waals surface area contributed by atoms with Gasteiger partial charge in [-0.15, -0.1) is 0 Å². The number of hydrogen-bond donors (Lipinski definition) is 0. The van der Waals surface area contributed by atoms with Gasteiger partial charge in [0.05, 0.1) is 0 Å². The number of nitrogens with zero attached hydrogens (tertiary/aromatic N) is 1. The summed E-state index contributed by atoms with van der Waals surface area (Å²) in [5.41, 5.74) is 0. The minimum atomic E-state index is -2.74. The van der Waals surface area contributed by atoms with Crippen LogP contribution in [0.25, 0.3) is 0 Å². The van der Waals surface area contributed by atoms with Gasteiger partial charge in [-0.05, 0) is 0 Å². The zero-order chi connectivity index (χ0) is 17.4. The number of halogens is 1. The van der Waals surface area contributed by atoms with E-state index in [2.05, 4.69) is 125 Å². The summed E-state index contributed by atoms with van der Waals surface area (Å²) in [6.07, 6.45) is 2.59. The van der Waals surface area contributed by atoms with Crippen molar-refractivity contribution in [2.24, 2.45) is 0 Å². The molecule has 3 heteroatoms. The van der Waals surface area contributed by atoms with E-state index in [1.54, 1.807) is 0 Å². The Balaban J connectivity index is 2.12. The molecule has 3 aromatic carbocycles. The molecule has 0 spiro atoms. The van der Waals surface area contributed by atoms with E-state index in [1.165, 1.54) is 28.8 Å². The molecule has 0 atom stereocenters. The van der Waals surface area contributed by atoms with E-state index in [4.69, 9.17) is 0 Å². The standard InChI is InChI=1S/C22H23INP/c1-24(19-17-18-19)25(23,20-11-5-2-6-12-20,21-13-7-3-8-14-21)22-15-9-4-10-16-22/h2-16,19H,17-18H2,1H3. The van der Waals surface area contributed by atoms with Gasteiger partial charge in [-0.2, -0.15) is 0 Å². The molecule has 0 amide bonds. The van der Waals surface area contributed by atoms with Gasteiger partial charge in [0.25, 0.3) is 0 Å². The summed E-state index contributed by atoms with van der Waals surface area (Å²) in [6.45, 7) is 0. The zero-order valence-electron chi connectivity index (χ0n) is 14.4. The summed E-state index contributed by atoms with van der Waals surface area (Å²) in [5.74, 6) is 0. The van der Waals surface area contributed by atoms with Gasteiger partial charge in [-0.25, -0.2) is 0 Å². The predicted molar refractivity (Wildman–Crippen MR) is 120 cm³/mol. The maximum absolute atomic E-state index is 2.84. The number of rotatable bonds is 5. The van der Waals surface area contributed by atoms with Gasteiger partial charge in [0.15, 0.2) is 0 Å². The van der Waals surface area contributed by atoms with E-state index in [9.17, 15) is 0 Å². The molecule has 25 heavy (non-hydrogen) atoms. The Kier molecular flexibility index (Phi) is 4.47. The van der Waals surface area contributed by atoms with Crippen molar-refractivity contribution in [3.63, 3.8) is 0 Å². The van der Waals surface area contributed by atoms with Crippen LogP contribution in [0.4, 0.5) is 0 Å². The second-order valence-electron chi connectivity index (χ2n) is 6.78. The fourth-order valence-corrected chi connectivity index (χ4v) is 12.8. The van der Waals surface area contributed by atoms with Gasteiger partial charge < -0.3 is 0 Å². The summed E-state index contributed by atoms with van der Waals surface area (Å²) in [7, 11) is 2.34. The third-order valence-electron chi connectivity index (χ3n) is 5.35. The predicted octanol–water partition coefficient (Wildman–Crippen LogP) is 4.88. The molecule has 0 N–H and O–H groups in total. The van der Waals surface area contributed by atoms with Gasteiger partial charge in [0.2, 0.25) is 0 Å². The Morgan fingerprint density at radius 2 is 1.00 bits per heavy atom. The molecule has 0 bridgehead atoms. The Hall–Kier alpha value is -1.22. The summed E-state index contributed by atoms with van der Waals surface area (Å²) in [4.78, 5) is 0. The first-order valence-electron chi connectivity index (χ1n) is 8.79. The van der Waals surface area contributed by atoms with E-state index < -0.39 is 4.40 Å². The van der Waals surface area contributed by atoms with Crippen molar-refractivity contribution in [2.45, 2.75) is 18.9 Å². The quantitative estimate of drug-likeness (QED) is 0.389. The Morgan fingerprint density at radius 1 is 0.680 bits per heavy atom. The van der Waals surface area contributed by atoms with E-state index in [1.807, 2.05) is 0 Å². The molecule has 1 saturated carbocycles. The van der Waals surface area contributed by atoms with Gasteiger partial charge in [-0.3, -0.25) is 0 Å². The third-order valence-corrected chi connectivity index (χ3v) is 17.6. The van der Waals surface area contributed by atoms with Crippen molar-refractivity contribution in [3.05, 3.63) is 91.0 Å². The Labute approximate surface area is 163 Å². The maximum atomic E-state index is 2.84. The monoisotopic (exact) mass is 459 g/mol. The molecule has 0 aliphatic heterocycles. The summed E-state index contributed by atoms with van der Waals surface area (Å²) in [6, 6.07) is 34.1.